The van der Waals surface area contributed by atoms with E-state index < -0.39 is 0 Å². The maximum atomic E-state index is 12.8. The lowest BCUT2D eigenvalue weighted by Gasteiger charge is -2.23. The van der Waals surface area contributed by atoms with E-state index in [0.717, 1.165) is 65.4 Å². The van der Waals surface area contributed by atoms with Crippen molar-refractivity contribution < 1.29 is 9.53 Å². The van der Waals surface area contributed by atoms with Gasteiger partial charge in [0.05, 0.1) is 7.11 Å². The Labute approximate surface area is 184 Å². The van der Waals surface area contributed by atoms with E-state index in [1.165, 1.54) is 0 Å². The van der Waals surface area contributed by atoms with Crippen LogP contribution in [0.2, 0.25) is 0 Å². The summed E-state index contributed by atoms with van der Waals surface area (Å²) in [6.45, 7) is 12.2. The first-order chi connectivity index (χ1) is 15.0. The number of hydrogen-bond donors (Lipinski definition) is 0. The fourth-order valence-electron chi connectivity index (χ4n) is 4.02. The number of nitrogens with zero attached hydrogens (tertiary/aromatic N) is 4. The molecule has 0 aliphatic carbocycles. The summed E-state index contributed by atoms with van der Waals surface area (Å²) in [5.74, 6) is 1.52. The number of amides is 1. The molecule has 1 aromatic carbocycles. The molecule has 0 atom stereocenters. The van der Waals surface area contributed by atoms with Gasteiger partial charge in [0.25, 0.3) is 13.1 Å². The van der Waals surface area contributed by atoms with Crippen LogP contribution in [0.5, 0.6) is 5.75 Å². The zero-order chi connectivity index (χ0) is 22.4. The molecule has 3 aromatic rings. The van der Waals surface area contributed by atoms with Crippen LogP contribution in [0, 0.1) is 20.4 Å². The Hall–Kier alpha value is -3.33. The SMILES string of the molecule is C#[N+]CCCCCCN(C(C)=O)c1c(-c2ccccc2OC)nc2cc(C)cc(C)n12. The summed E-state index contributed by atoms with van der Waals surface area (Å²) in [5, 5.41) is 0. The van der Waals surface area contributed by atoms with E-state index in [0.29, 0.717) is 13.1 Å². The lowest BCUT2D eigenvalue weighted by atomic mass is 10.1. The number of aryl methyl sites for hydroxylation is 2. The summed E-state index contributed by atoms with van der Waals surface area (Å²) >= 11 is 0. The molecule has 2 aromatic heterocycles. The second kappa shape index (κ2) is 10.1. The first-order valence-corrected chi connectivity index (χ1v) is 10.8. The van der Waals surface area contributed by atoms with Crippen molar-refractivity contribution in [1.29, 1.82) is 0 Å². The molecule has 0 aliphatic rings. The summed E-state index contributed by atoms with van der Waals surface area (Å²) < 4.78 is 7.68. The number of unbranched alkanes of at least 4 members (excludes halogenated alkanes) is 3. The molecule has 0 bridgehead atoms. The van der Waals surface area contributed by atoms with E-state index in [9.17, 15) is 4.79 Å². The highest BCUT2D eigenvalue weighted by Crippen LogP contribution is 2.38. The number of carbonyl (C=O) groups excluding carboxylic acids is 1. The van der Waals surface area contributed by atoms with Crippen molar-refractivity contribution in [2.75, 3.05) is 25.1 Å². The number of pyridine rings is 1. The first kappa shape index (κ1) is 22.4. The Bertz CT molecular complexity index is 1110. The van der Waals surface area contributed by atoms with Gasteiger partial charge in [0, 0.05) is 31.1 Å². The summed E-state index contributed by atoms with van der Waals surface area (Å²) in [4.78, 5) is 23.2. The van der Waals surface area contributed by atoms with Gasteiger partial charge in [-0.3, -0.25) is 14.1 Å². The first-order valence-electron chi connectivity index (χ1n) is 10.8. The highest BCUT2D eigenvalue weighted by molar-refractivity contribution is 5.96. The van der Waals surface area contributed by atoms with Gasteiger partial charge < -0.3 is 4.74 Å². The number of aromatic nitrogens is 2. The Kier molecular flexibility index (Phi) is 7.30. The fraction of sp³-hybridized carbons (Fsp3) is 0.400. The molecule has 2 heterocycles. The number of hydrogen-bond acceptors (Lipinski definition) is 3. The number of carbonyl (C=O) groups is 1. The molecule has 0 radical (unpaired) electrons. The number of imidazole rings is 1. The predicted octanol–water partition coefficient (Wildman–Crippen LogP) is 5.50. The van der Waals surface area contributed by atoms with Gasteiger partial charge in [-0.1, -0.05) is 23.4 Å². The topological polar surface area (TPSA) is 51.2 Å². The zero-order valence-electron chi connectivity index (χ0n) is 18.9. The van der Waals surface area contributed by atoms with Crippen LogP contribution in [0.25, 0.3) is 21.7 Å². The second-order valence-corrected chi connectivity index (χ2v) is 7.84. The maximum Gasteiger partial charge on any atom is 0.263 e. The highest BCUT2D eigenvalue weighted by Gasteiger charge is 2.25. The number of anilines is 1. The van der Waals surface area contributed by atoms with E-state index in [1.807, 2.05) is 42.2 Å². The lowest BCUT2D eigenvalue weighted by molar-refractivity contribution is -0.116. The fourth-order valence-corrected chi connectivity index (χ4v) is 4.02. The minimum absolute atomic E-state index is 0.00474. The third-order valence-electron chi connectivity index (χ3n) is 5.44. The Morgan fingerprint density at radius 2 is 1.90 bits per heavy atom. The maximum absolute atomic E-state index is 12.8. The number of fused-ring (bicyclic) bond motifs is 1. The Morgan fingerprint density at radius 3 is 2.61 bits per heavy atom. The van der Waals surface area contributed by atoms with Crippen LogP contribution >= 0.6 is 0 Å². The summed E-state index contributed by atoms with van der Waals surface area (Å²) in [6.07, 6.45) is 3.92. The average molecular weight is 420 g/mol. The summed E-state index contributed by atoms with van der Waals surface area (Å²) in [7, 11) is 1.65. The molecule has 1 amide bonds. The van der Waals surface area contributed by atoms with Gasteiger partial charge in [-0.2, -0.15) is 0 Å². The van der Waals surface area contributed by atoms with Crippen LogP contribution < -0.4 is 9.64 Å². The van der Waals surface area contributed by atoms with Crippen molar-refractivity contribution in [3.05, 3.63) is 52.5 Å². The van der Waals surface area contributed by atoms with Gasteiger partial charge in [-0.05, 0) is 56.5 Å². The Balaban J connectivity index is 2.09. The number of methoxy groups -OCH3 is 1. The van der Waals surface area contributed by atoms with Gasteiger partial charge in [0.2, 0.25) is 5.91 Å². The van der Waals surface area contributed by atoms with E-state index in [-0.39, 0.29) is 5.91 Å². The third kappa shape index (κ3) is 4.88. The van der Waals surface area contributed by atoms with Crippen molar-refractivity contribution in [3.8, 4) is 23.6 Å². The quantitative estimate of drug-likeness (QED) is 0.430. The predicted molar refractivity (Wildman–Crippen MR) is 126 cm³/mol. The van der Waals surface area contributed by atoms with Gasteiger partial charge in [-0.25, -0.2) is 4.98 Å². The van der Waals surface area contributed by atoms with Gasteiger partial charge in [0.15, 0.2) is 0 Å². The normalized spacial score (nSPS) is 10.8. The number of ether oxygens (including phenoxy) is 1. The molecular weight excluding hydrogens is 388 g/mol. The summed E-state index contributed by atoms with van der Waals surface area (Å²) in [5.41, 5.74) is 4.62. The van der Waals surface area contributed by atoms with E-state index >= 15 is 0 Å². The number of para-hydroxylation sites is 1. The molecule has 6 heteroatoms. The molecule has 0 aliphatic heterocycles. The molecule has 31 heavy (non-hydrogen) atoms. The van der Waals surface area contributed by atoms with Crippen LogP contribution in [-0.2, 0) is 4.79 Å². The average Bonchev–Trinajstić information content (AvgIpc) is 3.11. The zero-order valence-corrected chi connectivity index (χ0v) is 18.9. The van der Waals surface area contributed by atoms with Crippen LogP contribution in [0.4, 0.5) is 5.82 Å². The highest BCUT2D eigenvalue weighted by atomic mass is 16.5. The van der Waals surface area contributed by atoms with Crippen LogP contribution in [0.3, 0.4) is 0 Å². The van der Waals surface area contributed by atoms with E-state index in [2.05, 4.69) is 22.2 Å². The standard InChI is InChI=1S/C25H31N4O2/c1-18-16-19(2)29-23(17-18)27-24(21-12-8-9-13-22(21)31-5)25(29)28(20(3)30)15-11-7-6-10-14-26-4/h4,8-9,12-13,16-17H,6-7,10-11,14-15H2,1-3,5H3/q+1. The van der Waals surface area contributed by atoms with Crippen molar-refractivity contribution in [1.82, 2.24) is 9.38 Å². The molecule has 0 spiro atoms. The van der Waals surface area contributed by atoms with E-state index in [4.69, 9.17) is 16.3 Å². The van der Waals surface area contributed by atoms with Gasteiger partial charge in [0.1, 0.15) is 22.9 Å². The minimum Gasteiger partial charge on any atom is -0.496 e. The molecule has 0 saturated carbocycles. The second-order valence-electron chi connectivity index (χ2n) is 7.84. The molecule has 0 saturated heterocycles. The van der Waals surface area contributed by atoms with Crippen molar-refractivity contribution in [3.63, 3.8) is 0 Å². The number of rotatable bonds is 9. The monoisotopic (exact) mass is 419 g/mol. The molecule has 0 N–H and O–H groups in total. The minimum atomic E-state index is -0.00474. The van der Waals surface area contributed by atoms with Crippen molar-refractivity contribution in [2.45, 2.75) is 46.5 Å². The van der Waals surface area contributed by atoms with Crippen molar-refractivity contribution >= 4 is 17.4 Å². The molecule has 162 valence electrons. The van der Waals surface area contributed by atoms with Crippen LogP contribution in [0.15, 0.2) is 36.4 Å². The van der Waals surface area contributed by atoms with E-state index in [1.54, 1.807) is 14.0 Å². The lowest BCUT2D eigenvalue weighted by Crippen LogP contribution is -2.31. The van der Waals surface area contributed by atoms with Crippen molar-refractivity contribution in [2.24, 2.45) is 0 Å². The summed E-state index contributed by atoms with van der Waals surface area (Å²) in [6, 6.07) is 12.0. The molecule has 3 rings (SSSR count). The molecule has 6 nitrogen and oxygen atoms in total. The number of benzene rings is 1. The van der Waals surface area contributed by atoms with Crippen LogP contribution in [0.1, 0.15) is 43.9 Å². The van der Waals surface area contributed by atoms with Crippen LogP contribution in [-0.4, -0.2) is 35.5 Å². The molecule has 0 fully saturated rings. The smallest absolute Gasteiger partial charge is 0.263 e. The van der Waals surface area contributed by atoms with Gasteiger partial charge >= 0.3 is 0 Å². The molecular formula is C25H31N4O2+. The molecule has 0 unspecified atom stereocenters. The Morgan fingerprint density at radius 1 is 1.16 bits per heavy atom. The van der Waals surface area contributed by atoms with Gasteiger partial charge in [-0.15, -0.1) is 0 Å². The largest absolute Gasteiger partial charge is 0.496 e. The third-order valence-corrected chi connectivity index (χ3v) is 5.44.